The van der Waals surface area contributed by atoms with Gasteiger partial charge in [0.15, 0.2) is 0 Å². The fourth-order valence-corrected chi connectivity index (χ4v) is 2.65. The molecule has 1 aromatic rings. The monoisotopic (exact) mass is 247 g/mol. The molecule has 0 spiro atoms. The zero-order valence-corrected chi connectivity index (χ0v) is 10.6. The number of nitrogens with two attached hydrogens (primary N) is 1. The Balaban J connectivity index is 1.87. The van der Waals surface area contributed by atoms with E-state index in [9.17, 15) is 4.79 Å². The third-order valence-electron chi connectivity index (χ3n) is 3.72. The summed E-state index contributed by atoms with van der Waals surface area (Å²) < 4.78 is 0. The summed E-state index contributed by atoms with van der Waals surface area (Å²) in [6.07, 6.45) is 6.13. The Kier molecular flexibility index (Phi) is 4.70. The Labute approximate surface area is 108 Å². The minimum absolute atomic E-state index is 0.0902. The van der Waals surface area contributed by atoms with Gasteiger partial charge in [-0.2, -0.15) is 0 Å². The van der Waals surface area contributed by atoms with Gasteiger partial charge >= 0.3 is 0 Å². The van der Waals surface area contributed by atoms with Gasteiger partial charge in [-0.3, -0.25) is 9.78 Å². The van der Waals surface area contributed by atoms with Crippen LogP contribution in [0.5, 0.6) is 0 Å². The Hall–Kier alpha value is -1.42. The molecule has 2 atom stereocenters. The van der Waals surface area contributed by atoms with E-state index in [0.717, 1.165) is 25.0 Å². The molecule has 4 heteroatoms. The van der Waals surface area contributed by atoms with E-state index >= 15 is 0 Å². The van der Waals surface area contributed by atoms with Gasteiger partial charge in [-0.1, -0.05) is 18.9 Å². The lowest BCUT2D eigenvalue weighted by Crippen LogP contribution is -2.39. The summed E-state index contributed by atoms with van der Waals surface area (Å²) in [5.41, 5.74) is 6.64. The van der Waals surface area contributed by atoms with Gasteiger partial charge < -0.3 is 11.1 Å². The number of rotatable bonds is 4. The van der Waals surface area contributed by atoms with Crippen LogP contribution in [-0.2, 0) is 11.3 Å². The summed E-state index contributed by atoms with van der Waals surface area (Å²) in [6.45, 7) is 1.12. The van der Waals surface area contributed by atoms with Crippen LogP contribution in [0.4, 0.5) is 0 Å². The molecule has 2 unspecified atom stereocenters. The first kappa shape index (κ1) is 13.0. The maximum absolute atomic E-state index is 12.1. The highest BCUT2D eigenvalue weighted by Crippen LogP contribution is 2.29. The summed E-state index contributed by atoms with van der Waals surface area (Å²) in [5, 5.41) is 2.98. The van der Waals surface area contributed by atoms with Crippen molar-refractivity contribution in [2.75, 3.05) is 6.54 Å². The third-order valence-corrected chi connectivity index (χ3v) is 3.72. The molecule has 0 saturated heterocycles. The smallest absolute Gasteiger partial charge is 0.223 e. The van der Waals surface area contributed by atoms with Crippen molar-refractivity contribution in [1.29, 1.82) is 0 Å². The third kappa shape index (κ3) is 3.29. The Morgan fingerprint density at radius 1 is 1.39 bits per heavy atom. The van der Waals surface area contributed by atoms with Crippen LogP contribution < -0.4 is 11.1 Å². The predicted molar refractivity (Wildman–Crippen MR) is 70.6 cm³/mol. The maximum atomic E-state index is 12.1. The number of hydrogen-bond donors (Lipinski definition) is 2. The van der Waals surface area contributed by atoms with Crippen molar-refractivity contribution in [2.45, 2.75) is 32.2 Å². The first-order valence-corrected chi connectivity index (χ1v) is 6.69. The van der Waals surface area contributed by atoms with Crippen molar-refractivity contribution in [2.24, 2.45) is 17.6 Å². The minimum atomic E-state index is 0.0902. The van der Waals surface area contributed by atoms with Gasteiger partial charge in [0.05, 0.1) is 12.2 Å². The fraction of sp³-hybridized carbons (Fsp3) is 0.571. The van der Waals surface area contributed by atoms with Crippen molar-refractivity contribution in [3.8, 4) is 0 Å². The maximum Gasteiger partial charge on any atom is 0.223 e. The van der Waals surface area contributed by atoms with E-state index in [-0.39, 0.29) is 11.8 Å². The molecule has 0 aromatic carbocycles. The molecule has 0 aliphatic heterocycles. The molecule has 1 saturated carbocycles. The second-order valence-electron chi connectivity index (χ2n) is 4.93. The molecule has 1 heterocycles. The summed E-state index contributed by atoms with van der Waals surface area (Å²) in [7, 11) is 0. The summed E-state index contributed by atoms with van der Waals surface area (Å²) in [6, 6.07) is 5.72. The molecule has 1 aromatic heterocycles. The van der Waals surface area contributed by atoms with E-state index in [1.165, 1.54) is 6.42 Å². The second kappa shape index (κ2) is 6.50. The van der Waals surface area contributed by atoms with E-state index in [0.29, 0.717) is 19.0 Å². The first-order valence-electron chi connectivity index (χ1n) is 6.69. The predicted octanol–water partition coefficient (Wildman–Crippen LogP) is 1.46. The van der Waals surface area contributed by atoms with Gasteiger partial charge in [-0.15, -0.1) is 0 Å². The highest BCUT2D eigenvalue weighted by Gasteiger charge is 2.29. The van der Waals surface area contributed by atoms with Crippen LogP contribution in [0, 0.1) is 11.8 Å². The largest absolute Gasteiger partial charge is 0.350 e. The van der Waals surface area contributed by atoms with Crippen LogP contribution in [0.3, 0.4) is 0 Å². The lowest BCUT2D eigenvalue weighted by atomic mass is 9.79. The number of aromatic nitrogens is 1. The molecule has 0 radical (unpaired) electrons. The molecule has 0 bridgehead atoms. The zero-order chi connectivity index (χ0) is 12.8. The quantitative estimate of drug-likeness (QED) is 0.846. The molecule has 3 N–H and O–H groups in total. The van der Waals surface area contributed by atoms with Crippen LogP contribution in [-0.4, -0.2) is 17.4 Å². The van der Waals surface area contributed by atoms with Gasteiger partial charge in [0.1, 0.15) is 0 Å². The van der Waals surface area contributed by atoms with E-state index in [2.05, 4.69) is 10.3 Å². The van der Waals surface area contributed by atoms with E-state index in [1.54, 1.807) is 6.20 Å². The highest BCUT2D eigenvalue weighted by atomic mass is 16.1. The van der Waals surface area contributed by atoms with Crippen molar-refractivity contribution >= 4 is 5.91 Å². The van der Waals surface area contributed by atoms with Gasteiger partial charge in [0, 0.05) is 12.1 Å². The van der Waals surface area contributed by atoms with Gasteiger partial charge in [-0.25, -0.2) is 0 Å². The lowest BCUT2D eigenvalue weighted by Gasteiger charge is -2.29. The van der Waals surface area contributed by atoms with Crippen LogP contribution in [0.2, 0.25) is 0 Å². The average molecular weight is 247 g/mol. The van der Waals surface area contributed by atoms with Gasteiger partial charge in [0.2, 0.25) is 5.91 Å². The number of nitrogens with zero attached hydrogens (tertiary/aromatic N) is 1. The number of amides is 1. The molecule has 4 nitrogen and oxygen atoms in total. The highest BCUT2D eigenvalue weighted by molar-refractivity contribution is 5.79. The minimum Gasteiger partial charge on any atom is -0.350 e. The normalized spacial score (nSPS) is 23.6. The standard InChI is InChI=1S/C14H21N3O/c15-9-11-5-1-2-7-13(11)14(18)17-10-12-6-3-4-8-16-12/h3-4,6,8,11,13H,1-2,5,7,9-10,15H2,(H,17,18). The SMILES string of the molecule is NCC1CCCCC1C(=O)NCc1ccccn1. The molecule has 1 amide bonds. The molecular weight excluding hydrogens is 226 g/mol. The van der Waals surface area contributed by atoms with Gasteiger partial charge in [0.25, 0.3) is 0 Å². The topological polar surface area (TPSA) is 68.0 Å². The summed E-state index contributed by atoms with van der Waals surface area (Å²) in [5.74, 6) is 0.575. The Morgan fingerprint density at radius 3 is 2.94 bits per heavy atom. The van der Waals surface area contributed by atoms with Crippen molar-refractivity contribution in [3.63, 3.8) is 0 Å². The average Bonchev–Trinajstić information content (AvgIpc) is 2.45. The Morgan fingerprint density at radius 2 is 2.22 bits per heavy atom. The van der Waals surface area contributed by atoms with E-state index in [1.807, 2.05) is 18.2 Å². The van der Waals surface area contributed by atoms with Crippen molar-refractivity contribution < 1.29 is 4.79 Å². The van der Waals surface area contributed by atoms with Gasteiger partial charge in [-0.05, 0) is 37.4 Å². The lowest BCUT2D eigenvalue weighted by molar-refractivity contribution is -0.127. The van der Waals surface area contributed by atoms with Crippen LogP contribution in [0.15, 0.2) is 24.4 Å². The summed E-state index contributed by atoms with van der Waals surface area (Å²) in [4.78, 5) is 16.3. The molecule has 1 aliphatic rings. The first-order chi connectivity index (χ1) is 8.81. The molecule has 98 valence electrons. The number of hydrogen-bond acceptors (Lipinski definition) is 3. The zero-order valence-electron chi connectivity index (χ0n) is 10.6. The summed E-state index contributed by atoms with van der Waals surface area (Å²) >= 11 is 0. The van der Waals surface area contributed by atoms with Crippen molar-refractivity contribution in [1.82, 2.24) is 10.3 Å². The number of carbonyl (C=O) groups is 1. The van der Waals surface area contributed by atoms with E-state index < -0.39 is 0 Å². The van der Waals surface area contributed by atoms with Crippen LogP contribution in [0.1, 0.15) is 31.4 Å². The second-order valence-corrected chi connectivity index (χ2v) is 4.93. The Bertz CT molecular complexity index is 380. The molecular formula is C14H21N3O. The number of nitrogens with one attached hydrogen (secondary N) is 1. The molecule has 1 aliphatic carbocycles. The number of carbonyl (C=O) groups excluding carboxylic acids is 1. The molecule has 2 rings (SSSR count). The van der Waals surface area contributed by atoms with Crippen LogP contribution >= 0.6 is 0 Å². The molecule has 18 heavy (non-hydrogen) atoms. The van der Waals surface area contributed by atoms with Crippen LogP contribution in [0.25, 0.3) is 0 Å². The number of pyridine rings is 1. The molecule has 1 fully saturated rings. The fourth-order valence-electron chi connectivity index (χ4n) is 2.65. The van der Waals surface area contributed by atoms with E-state index in [4.69, 9.17) is 5.73 Å². The van der Waals surface area contributed by atoms with Crippen molar-refractivity contribution in [3.05, 3.63) is 30.1 Å².